The molecular weight excluding hydrogens is 445 g/mol. The molecule has 7 nitrogen and oxygen atoms in total. The summed E-state index contributed by atoms with van der Waals surface area (Å²) in [5.74, 6) is -0.296. The molecule has 0 saturated carbocycles. The minimum atomic E-state index is -0.989. The zero-order chi connectivity index (χ0) is 25.0. The molecular formula is C27H34FN5O2. The average Bonchev–Trinajstić information content (AvgIpc) is 2.87. The number of anilines is 3. The first-order valence-corrected chi connectivity index (χ1v) is 11.8. The van der Waals surface area contributed by atoms with E-state index in [0.717, 1.165) is 43.0 Å². The van der Waals surface area contributed by atoms with Crippen molar-refractivity contribution < 1.29 is 14.6 Å². The number of nitrogens with zero attached hydrogens (tertiary/aromatic N) is 1. The molecule has 0 aromatic heterocycles. The van der Waals surface area contributed by atoms with Crippen molar-refractivity contribution in [3.63, 3.8) is 0 Å². The van der Waals surface area contributed by atoms with Crippen LogP contribution in [0.4, 0.5) is 21.5 Å². The van der Waals surface area contributed by atoms with Crippen LogP contribution in [0.5, 0.6) is 0 Å². The SMILES string of the molecule is CC(C)(C(O)Nc1ccc(C(O)Nc2cc(-c3ccc(F)cc3)ccc2N)cc1)N1CCNCC1. The highest BCUT2D eigenvalue weighted by molar-refractivity contribution is 5.76. The second kappa shape index (κ2) is 10.6. The fourth-order valence-corrected chi connectivity index (χ4v) is 4.24. The maximum Gasteiger partial charge on any atom is 0.150 e. The molecule has 1 fully saturated rings. The molecule has 2 atom stereocenters. The minimum Gasteiger partial charge on any atom is -0.397 e. The van der Waals surface area contributed by atoms with Gasteiger partial charge in [0.15, 0.2) is 6.23 Å². The molecule has 4 rings (SSSR count). The highest BCUT2D eigenvalue weighted by atomic mass is 19.1. The molecule has 0 amide bonds. The molecule has 0 spiro atoms. The number of nitrogen functional groups attached to an aromatic ring is 1. The van der Waals surface area contributed by atoms with Crippen LogP contribution >= 0.6 is 0 Å². The van der Waals surface area contributed by atoms with E-state index in [2.05, 4.69) is 20.9 Å². The molecule has 0 bridgehead atoms. The second-order valence-corrected chi connectivity index (χ2v) is 9.42. The third kappa shape index (κ3) is 5.91. The predicted molar refractivity (Wildman–Crippen MR) is 139 cm³/mol. The summed E-state index contributed by atoms with van der Waals surface area (Å²) in [6, 6.07) is 18.9. The van der Waals surface area contributed by atoms with Gasteiger partial charge in [-0.1, -0.05) is 30.3 Å². The first-order valence-electron chi connectivity index (χ1n) is 11.8. The number of hydrogen-bond acceptors (Lipinski definition) is 7. The number of aliphatic hydroxyl groups excluding tert-OH is 2. The highest BCUT2D eigenvalue weighted by Crippen LogP contribution is 2.30. The first kappa shape index (κ1) is 24.9. The van der Waals surface area contributed by atoms with E-state index < -0.39 is 18.0 Å². The number of piperazine rings is 1. The largest absolute Gasteiger partial charge is 0.397 e. The monoisotopic (exact) mass is 479 g/mol. The summed E-state index contributed by atoms with van der Waals surface area (Å²) in [6.07, 6.45) is -1.75. The topological polar surface area (TPSA) is 106 Å². The van der Waals surface area contributed by atoms with Crippen molar-refractivity contribution in [3.05, 3.63) is 78.1 Å². The Balaban J connectivity index is 1.41. The summed E-state index contributed by atoms with van der Waals surface area (Å²) in [5, 5.41) is 31.2. The van der Waals surface area contributed by atoms with Gasteiger partial charge in [-0.05, 0) is 61.4 Å². The van der Waals surface area contributed by atoms with Crippen LogP contribution < -0.4 is 21.7 Å². The number of nitrogens with two attached hydrogens (primary N) is 1. The molecule has 1 aliphatic rings. The van der Waals surface area contributed by atoms with Gasteiger partial charge in [0.25, 0.3) is 0 Å². The Labute approximate surface area is 205 Å². The van der Waals surface area contributed by atoms with E-state index in [-0.39, 0.29) is 5.82 Å². The molecule has 35 heavy (non-hydrogen) atoms. The molecule has 186 valence electrons. The fraction of sp³-hybridized carbons (Fsp3) is 0.333. The minimum absolute atomic E-state index is 0.296. The number of halogens is 1. The maximum absolute atomic E-state index is 13.3. The summed E-state index contributed by atoms with van der Waals surface area (Å²) < 4.78 is 13.3. The van der Waals surface area contributed by atoms with Gasteiger partial charge >= 0.3 is 0 Å². The van der Waals surface area contributed by atoms with Crippen LogP contribution in [0.25, 0.3) is 11.1 Å². The zero-order valence-corrected chi connectivity index (χ0v) is 20.1. The Morgan fingerprint density at radius 3 is 2.20 bits per heavy atom. The van der Waals surface area contributed by atoms with Gasteiger partial charge < -0.3 is 31.9 Å². The van der Waals surface area contributed by atoms with E-state index in [1.807, 2.05) is 38.1 Å². The predicted octanol–water partition coefficient (Wildman–Crippen LogP) is 3.59. The lowest BCUT2D eigenvalue weighted by atomic mass is 9.99. The van der Waals surface area contributed by atoms with Crippen molar-refractivity contribution >= 4 is 17.1 Å². The molecule has 1 heterocycles. The molecule has 1 saturated heterocycles. The maximum atomic E-state index is 13.3. The van der Waals surface area contributed by atoms with Crippen LogP contribution in [0, 0.1) is 5.82 Å². The summed E-state index contributed by atoms with van der Waals surface area (Å²) in [4.78, 5) is 2.27. The van der Waals surface area contributed by atoms with Crippen molar-refractivity contribution in [2.24, 2.45) is 0 Å². The normalized spacial score (nSPS) is 16.5. The van der Waals surface area contributed by atoms with Gasteiger partial charge in [-0.15, -0.1) is 0 Å². The van der Waals surface area contributed by atoms with Crippen molar-refractivity contribution in [2.45, 2.75) is 31.8 Å². The lowest BCUT2D eigenvalue weighted by Gasteiger charge is -2.44. The van der Waals surface area contributed by atoms with Gasteiger partial charge in [0.2, 0.25) is 0 Å². The Morgan fingerprint density at radius 1 is 0.914 bits per heavy atom. The summed E-state index contributed by atoms with van der Waals surface area (Å²) in [7, 11) is 0. The molecule has 0 aliphatic carbocycles. The van der Waals surface area contributed by atoms with Gasteiger partial charge in [0, 0.05) is 37.4 Å². The fourth-order valence-electron chi connectivity index (χ4n) is 4.24. The highest BCUT2D eigenvalue weighted by Gasteiger charge is 2.35. The molecule has 7 N–H and O–H groups in total. The number of hydrogen-bond donors (Lipinski definition) is 6. The molecule has 8 heteroatoms. The Morgan fingerprint density at radius 2 is 1.54 bits per heavy atom. The summed E-state index contributed by atoms with van der Waals surface area (Å²) in [5.41, 5.74) is 9.87. The van der Waals surface area contributed by atoms with Crippen LogP contribution in [-0.2, 0) is 0 Å². The molecule has 1 aliphatic heterocycles. The van der Waals surface area contributed by atoms with Crippen LogP contribution in [-0.4, -0.2) is 53.1 Å². The van der Waals surface area contributed by atoms with Gasteiger partial charge in [-0.3, -0.25) is 4.90 Å². The number of nitrogens with one attached hydrogen (secondary N) is 3. The number of benzene rings is 3. The zero-order valence-electron chi connectivity index (χ0n) is 20.1. The molecule has 0 radical (unpaired) electrons. The van der Waals surface area contributed by atoms with Gasteiger partial charge in [0.1, 0.15) is 12.0 Å². The van der Waals surface area contributed by atoms with Gasteiger partial charge in [-0.25, -0.2) is 4.39 Å². The van der Waals surface area contributed by atoms with E-state index in [1.54, 1.807) is 30.3 Å². The third-order valence-corrected chi connectivity index (χ3v) is 6.65. The van der Waals surface area contributed by atoms with E-state index in [1.165, 1.54) is 12.1 Å². The standard InChI is InChI=1S/C27H34FN5O2/c1-27(2,33-15-13-30-14-16-33)26(35)31-22-10-5-19(6-11-22)25(34)32-24-17-20(7-12-23(24)29)18-3-8-21(28)9-4-18/h3-12,17,25-26,30-32,34-35H,13-16,29H2,1-2H3. The van der Waals surface area contributed by atoms with Crippen molar-refractivity contribution in [3.8, 4) is 11.1 Å². The average molecular weight is 480 g/mol. The molecule has 2 unspecified atom stereocenters. The van der Waals surface area contributed by atoms with Crippen LogP contribution in [0.1, 0.15) is 25.6 Å². The van der Waals surface area contributed by atoms with E-state index in [9.17, 15) is 14.6 Å². The van der Waals surface area contributed by atoms with E-state index >= 15 is 0 Å². The van der Waals surface area contributed by atoms with Gasteiger partial charge in [-0.2, -0.15) is 0 Å². The van der Waals surface area contributed by atoms with Crippen molar-refractivity contribution in [2.75, 3.05) is 42.5 Å². The molecule has 3 aromatic carbocycles. The van der Waals surface area contributed by atoms with Crippen LogP contribution in [0.2, 0.25) is 0 Å². The quantitative estimate of drug-likeness (QED) is 0.217. The smallest absolute Gasteiger partial charge is 0.150 e. The number of aliphatic hydroxyl groups is 2. The Bertz CT molecular complexity index is 1120. The van der Waals surface area contributed by atoms with Crippen LogP contribution in [0.3, 0.4) is 0 Å². The van der Waals surface area contributed by atoms with E-state index in [4.69, 9.17) is 5.73 Å². The van der Waals surface area contributed by atoms with Crippen LogP contribution in [0.15, 0.2) is 66.7 Å². The molecule has 3 aromatic rings. The summed E-state index contributed by atoms with van der Waals surface area (Å²) in [6.45, 7) is 7.65. The van der Waals surface area contributed by atoms with Crippen molar-refractivity contribution in [1.29, 1.82) is 0 Å². The Kier molecular flexibility index (Phi) is 7.57. The Hall–Kier alpha value is -3.17. The lowest BCUT2D eigenvalue weighted by Crippen LogP contribution is -2.60. The van der Waals surface area contributed by atoms with Crippen molar-refractivity contribution in [1.82, 2.24) is 10.2 Å². The van der Waals surface area contributed by atoms with Gasteiger partial charge in [0.05, 0.1) is 16.9 Å². The number of rotatable bonds is 8. The van der Waals surface area contributed by atoms with E-state index in [0.29, 0.717) is 16.9 Å². The third-order valence-electron chi connectivity index (χ3n) is 6.65. The first-order chi connectivity index (χ1) is 16.7. The second-order valence-electron chi connectivity index (χ2n) is 9.42. The lowest BCUT2D eigenvalue weighted by molar-refractivity contribution is -0.000714. The summed E-state index contributed by atoms with van der Waals surface area (Å²) >= 11 is 0.